The fourth-order valence-electron chi connectivity index (χ4n) is 1.75. The van der Waals surface area contributed by atoms with Gasteiger partial charge in [-0.15, -0.1) is 11.3 Å². The molecule has 0 saturated carbocycles. The van der Waals surface area contributed by atoms with Gasteiger partial charge in [0.2, 0.25) is 0 Å². The molecule has 0 radical (unpaired) electrons. The summed E-state index contributed by atoms with van der Waals surface area (Å²) in [6.45, 7) is 6.37. The third-order valence-corrected chi connectivity index (χ3v) is 4.76. The number of halogens is 2. The highest BCUT2D eigenvalue weighted by Gasteiger charge is 2.20. The molecule has 2 aromatic rings. The molecule has 1 aromatic heterocycles. The second-order valence-corrected chi connectivity index (χ2v) is 7.05. The van der Waals surface area contributed by atoms with Crippen LogP contribution in [0.2, 0.25) is 5.02 Å². The first-order valence-electron chi connectivity index (χ1n) is 6.02. The van der Waals surface area contributed by atoms with Crippen molar-refractivity contribution in [2.75, 3.05) is 0 Å². The van der Waals surface area contributed by atoms with E-state index < -0.39 is 11.9 Å². The summed E-state index contributed by atoms with van der Waals surface area (Å²) in [6, 6.07) is 8.29. The molecule has 1 atom stereocenters. The van der Waals surface area contributed by atoms with Crippen LogP contribution in [-0.4, -0.2) is 5.11 Å². The molecule has 0 aliphatic rings. The maximum absolute atomic E-state index is 13.4. The Bertz CT molecular complexity index is 586. The second-order valence-electron chi connectivity index (χ2n) is 5.53. The van der Waals surface area contributed by atoms with Crippen LogP contribution in [0.4, 0.5) is 4.39 Å². The highest BCUT2D eigenvalue weighted by molar-refractivity contribution is 7.12. The zero-order valence-electron chi connectivity index (χ0n) is 11.1. The van der Waals surface area contributed by atoms with E-state index in [9.17, 15) is 9.50 Å². The molecule has 1 aromatic carbocycles. The molecular formula is C15H16ClFOS. The van der Waals surface area contributed by atoms with E-state index in [0.29, 0.717) is 5.56 Å². The van der Waals surface area contributed by atoms with Crippen molar-refractivity contribution in [3.8, 4) is 0 Å². The second kappa shape index (κ2) is 5.23. The van der Waals surface area contributed by atoms with Crippen LogP contribution in [0.3, 0.4) is 0 Å². The van der Waals surface area contributed by atoms with Gasteiger partial charge < -0.3 is 5.11 Å². The minimum atomic E-state index is -0.812. The Morgan fingerprint density at radius 3 is 2.42 bits per heavy atom. The quantitative estimate of drug-likeness (QED) is 0.834. The van der Waals surface area contributed by atoms with Gasteiger partial charge in [-0.05, 0) is 35.2 Å². The summed E-state index contributed by atoms with van der Waals surface area (Å²) < 4.78 is 13.4. The largest absolute Gasteiger partial charge is 0.383 e. The first kappa shape index (κ1) is 14.5. The van der Waals surface area contributed by atoms with E-state index >= 15 is 0 Å². The monoisotopic (exact) mass is 298 g/mol. The molecule has 0 spiro atoms. The number of aliphatic hydroxyl groups is 1. The van der Waals surface area contributed by atoms with Crippen LogP contribution in [-0.2, 0) is 5.41 Å². The normalized spacial score (nSPS) is 13.6. The zero-order valence-corrected chi connectivity index (χ0v) is 12.6. The molecule has 1 N–H and O–H groups in total. The predicted octanol–water partition coefficient (Wildman–Crippen LogP) is 4.92. The molecule has 4 heteroatoms. The van der Waals surface area contributed by atoms with Crippen molar-refractivity contribution in [3.05, 3.63) is 56.5 Å². The number of benzene rings is 1. The third kappa shape index (κ3) is 3.16. The number of rotatable bonds is 2. The summed E-state index contributed by atoms with van der Waals surface area (Å²) in [5.74, 6) is -0.509. The summed E-state index contributed by atoms with van der Waals surface area (Å²) in [5.41, 5.74) is 0.567. The molecule has 1 nitrogen and oxygen atoms in total. The maximum atomic E-state index is 13.4. The van der Waals surface area contributed by atoms with Crippen LogP contribution >= 0.6 is 22.9 Å². The van der Waals surface area contributed by atoms with Gasteiger partial charge >= 0.3 is 0 Å². The van der Waals surface area contributed by atoms with Gasteiger partial charge in [0.05, 0.1) is 5.02 Å². The number of hydrogen-bond donors (Lipinski definition) is 1. The Morgan fingerprint density at radius 1 is 1.21 bits per heavy atom. The first-order valence-corrected chi connectivity index (χ1v) is 7.21. The van der Waals surface area contributed by atoms with Crippen molar-refractivity contribution in [2.45, 2.75) is 32.3 Å². The Kier molecular flexibility index (Phi) is 4.00. The molecule has 2 rings (SSSR count). The molecule has 0 aliphatic heterocycles. The van der Waals surface area contributed by atoms with Crippen molar-refractivity contribution in [3.63, 3.8) is 0 Å². The summed E-state index contributed by atoms with van der Waals surface area (Å²) in [6.07, 6.45) is -0.812. The molecule has 1 heterocycles. The van der Waals surface area contributed by atoms with Crippen LogP contribution < -0.4 is 0 Å². The lowest BCUT2D eigenvalue weighted by Gasteiger charge is -2.16. The Balaban J connectivity index is 2.31. The fourth-order valence-corrected chi connectivity index (χ4v) is 2.95. The van der Waals surface area contributed by atoms with Crippen molar-refractivity contribution < 1.29 is 9.50 Å². The summed E-state index contributed by atoms with van der Waals surface area (Å²) in [5, 5.41) is 10.4. The molecule has 1 unspecified atom stereocenters. The standard InChI is InChI=1S/C15H16ClFOS/c1-15(2,3)13-7-6-12(19-13)14(18)9-4-5-10(16)11(17)8-9/h4-8,14,18H,1-3H3. The molecule has 0 saturated heterocycles. The van der Waals surface area contributed by atoms with Crippen molar-refractivity contribution in [1.29, 1.82) is 0 Å². The third-order valence-electron chi connectivity index (χ3n) is 2.89. The van der Waals surface area contributed by atoms with E-state index in [1.165, 1.54) is 17.0 Å². The minimum absolute atomic E-state index is 0.0495. The lowest BCUT2D eigenvalue weighted by Crippen LogP contribution is -2.07. The molecule has 19 heavy (non-hydrogen) atoms. The van der Waals surface area contributed by atoms with E-state index in [2.05, 4.69) is 20.8 Å². The number of thiophene rings is 1. The zero-order chi connectivity index (χ0) is 14.2. The van der Waals surface area contributed by atoms with Gasteiger partial charge in [0, 0.05) is 9.75 Å². The molecule has 102 valence electrons. The lowest BCUT2D eigenvalue weighted by molar-refractivity contribution is 0.223. The van der Waals surface area contributed by atoms with Crippen molar-refractivity contribution in [1.82, 2.24) is 0 Å². The topological polar surface area (TPSA) is 20.2 Å². The number of hydrogen-bond acceptors (Lipinski definition) is 2. The molecule has 0 aliphatic carbocycles. The lowest BCUT2D eigenvalue weighted by atomic mass is 9.95. The Morgan fingerprint density at radius 2 is 1.89 bits per heavy atom. The summed E-state index contributed by atoms with van der Waals surface area (Å²) >= 11 is 7.19. The summed E-state index contributed by atoms with van der Waals surface area (Å²) in [4.78, 5) is 2.00. The highest BCUT2D eigenvalue weighted by atomic mass is 35.5. The van der Waals surface area contributed by atoms with Crippen molar-refractivity contribution >= 4 is 22.9 Å². The maximum Gasteiger partial charge on any atom is 0.142 e. The van der Waals surface area contributed by atoms with Crippen molar-refractivity contribution in [2.24, 2.45) is 0 Å². The van der Waals surface area contributed by atoms with Gasteiger partial charge in [-0.25, -0.2) is 4.39 Å². The average molecular weight is 299 g/mol. The molecule has 0 amide bonds. The van der Waals surface area contributed by atoms with Crippen LogP contribution in [0.15, 0.2) is 30.3 Å². The molecule has 0 fully saturated rings. The van der Waals surface area contributed by atoms with Gasteiger partial charge in [0.25, 0.3) is 0 Å². The van der Waals surface area contributed by atoms with Crippen LogP contribution in [0.25, 0.3) is 0 Å². The van der Waals surface area contributed by atoms with E-state index in [4.69, 9.17) is 11.6 Å². The SMILES string of the molecule is CC(C)(C)c1ccc(C(O)c2ccc(Cl)c(F)c2)s1. The van der Waals surface area contributed by atoms with Crippen LogP contribution in [0.1, 0.15) is 42.2 Å². The van der Waals surface area contributed by atoms with Crippen LogP contribution in [0.5, 0.6) is 0 Å². The molecular weight excluding hydrogens is 283 g/mol. The van der Waals surface area contributed by atoms with E-state index in [1.54, 1.807) is 17.4 Å². The first-order chi connectivity index (χ1) is 8.79. The summed E-state index contributed by atoms with van der Waals surface area (Å²) in [7, 11) is 0. The van der Waals surface area contributed by atoms with Gasteiger partial charge in [-0.1, -0.05) is 38.4 Å². The van der Waals surface area contributed by atoms with Crippen LogP contribution in [0, 0.1) is 5.82 Å². The predicted molar refractivity (Wildman–Crippen MR) is 78.5 cm³/mol. The van der Waals surface area contributed by atoms with E-state index in [-0.39, 0.29) is 10.4 Å². The van der Waals surface area contributed by atoms with E-state index in [1.807, 2.05) is 12.1 Å². The van der Waals surface area contributed by atoms with E-state index in [0.717, 1.165) is 4.88 Å². The van der Waals surface area contributed by atoms with Gasteiger partial charge in [-0.2, -0.15) is 0 Å². The Hall–Kier alpha value is -0.900. The average Bonchev–Trinajstić information content (AvgIpc) is 2.81. The van der Waals surface area contributed by atoms with Gasteiger partial charge in [-0.3, -0.25) is 0 Å². The smallest absolute Gasteiger partial charge is 0.142 e. The van der Waals surface area contributed by atoms with Gasteiger partial charge in [0.15, 0.2) is 0 Å². The Labute approximate surface area is 121 Å². The number of aliphatic hydroxyl groups excluding tert-OH is 1. The highest BCUT2D eigenvalue weighted by Crippen LogP contribution is 2.35. The minimum Gasteiger partial charge on any atom is -0.383 e. The van der Waals surface area contributed by atoms with Gasteiger partial charge in [0.1, 0.15) is 11.9 Å². The fraction of sp³-hybridized carbons (Fsp3) is 0.333. The molecule has 0 bridgehead atoms.